The fourth-order valence-electron chi connectivity index (χ4n) is 3.22. The lowest BCUT2D eigenvalue weighted by Gasteiger charge is -2.06. The summed E-state index contributed by atoms with van der Waals surface area (Å²) in [4.78, 5) is 12.6. The van der Waals surface area contributed by atoms with Gasteiger partial charge in [0.25, 0.3) is 5.91 Å². The fourth-order valence-corrected chi connectivity index (χ4v) is 3.22. The molecule has 0 spiro atoms. The molecule has 0 atom stereocenters. The van der Waals surface area contributed by atoms with Gasteiger partial charge in [-0.2, -0.15) is 5.26 Å². The van der Waals surface area contributed by atoms with Crippen LogP contribution >= 0.6 is 0 Å². The molecular weight excluding hydrogens is 334 g/mol. The summed E-state index contributed by atoms with van der Waals surface area (Å²) in [5.41, 5.74) is 4.71. The molecule has 3 rings (SSSR count). The van der Waals surface area contributed by atoms with E-state index in [4.69, 9.17) is 0 Å². The number of aryl methyl sites for hydroxylation is 1. The van der Waals surface area contributed by atoms with Crippen LogP contribution in [0, 0.1) is 25.2 Å². The summed E-state index contributed by atoms with van der Waals surface area (Å²) < 4.78 is 2.13. The Morgan fingerprint density at radius 2 is 2.00 bits per heavy atom. The van der Waals surface area contributed by atoms with Gasteiger partial charge in [-0.15, -0.1) is 6.58 Å². The zero-order chi connectivity index (χ0) is 19.4. The number of hydrogen-bond donors (Lipinski definition) is 1. The summed E-state index contributed by atoms with van der Waals surface area (Å²) in [6.45, 7) is 8.43. The first kappa shape index (κ1) is 18.2. The molecule has 0 aliphatic rings. The first-order valence-electron chi connectivity index (χ1n) is 8.73. The number of para-hydroxylation sites is 1. The summed E-state index contributed by atoms with van der Waals surface area (Å²) in [6, 6.07) is 17.5. The van der Waals surface area contributed by atoms with Crippen LogP contribution in [0.15, 0.2) is 66.8 Å². The maximum absolute atomic E-state index is 12.6. The molecule has 27 heavy (non-hydrogen) atoms. The van der Waals surface area contributed by atoms with Crippen LogP contribution in [-0.4, -0.2) is 10.5 Å². The number of rotatable bonds is 5. The number of anilines is 1. The van der Waals surface area contributed by atoms with E-state index >= 15 is 0 Å². The quantitative estimate of drug-likeness (QED) is 0.398. The molecule has 3 aromatic rings. The number of aromatic nitrogens is 1. The molecule has 0 radical (unpaired) electrons. The molecule has 1 heterocycles. The van der Waals surface area contributed by atoms with Crippen LogP contribution in [0.3, 0.4) is 0 Å². The molecular formula is C23H21N3O. The highest BCUT2D eigenvalue weighted by Gasteiger charge is 2.15. The number of nitrogens with zero attached hydrogens (tertiary/aromatic N) is 2. The summed E-state index contributed by atoms with van der Waals surface area (Å²) >= 11 is 0. The molecule has 0 fully saturated rings. The standard InChI is InChI=1S/C23H21N3O/c1-4-12-26-17(3)21(20-10-5-6-11-22(20)26)14-18(15-24)23(27)25-19-9-7-8-16(2)13-19/h4-11,13-14H,1,12H2,2-3H3,(H,25,27)/b18-14-. The number of nitriles is 1. The van der Waals surface area contributed by atoms with Crippen molar-refractivity contribution < 1.29 is 4.79 Å². The minimum atomic E-state index is -0.414. The molecule has 1 amide bonds. The van der Waals surface area contributed by atoms with Crippen LogP contribution in [0.1, 0.15) is 16.8 Å². The fraction of sp³-hybridized carbons (Fsp3) is 0.130. The van der Waals surface area contributed by atoms with E-state index in [1.165, 1.54) is 0 Å². The zero-order valence-corrected chi connectivity index (χ0v) is 15.5. The van der Waals surface area contributed by atoms with Crippen molar-refractivity contribution in [3.63, 3.8) is 0 Å². The van der Waals surface area contributed by atoms with Gasteiger partial charge in [0.05, 0.1) is 0 Å². The topological polar surface area (TPSA) is 57.8 Å². The monoisotopic (exact) mass is 355 g/mol. The highest BCUT2D eigenvalue weighted by Crippen LogP contribution is 2.28. The van der Waals surface area contributed by atoms with Gasteiger partial charge in [-0.25, -0.2) is 0 Å². The summed E-state index contributed by atoms with van der Waals surface area (Å²) in [5.74, 6) is -0.414. The molecule has 0 aliphatic carbocycles. The average molecular weight is 355 g/mol. The van der Waals surface area contributed by atoms with Gasteiger partial charge in [0.15, 0.2) is 0 Å². The van der Waals surface area contributed by atoms with Gasteiger partial charge >= 0.3 is 0 Å². The maximum Gasteiger partial charge on any atom is 0.266 e. The first-order valence-corrected chi connectivity index (χ1v) is 8.73. The Bertz CT molecular complexity index is 1100. The Kier molecular flexibility index (Phi) is 5.23. The van der Waals surface area contributed by atoms with Crippen molar-refractivity contribution in [2.45, 2.75) is 20.4 Å². The van der Waals surface area contributed by atoms with Gasteiger partial charge in [-0.1, -0.05) is 36.4 Å². The van der Waals surface area contributed by atoms with Crippen LogP contribution < -0.4 is 5.32 Å². The van der Waals surface area contributed by atoms with Crippen molar-refractivity contribution in [1.29, 1.82) is 5.26 Å². The van der Waals surface area contributed by atoms with Gasteiger partial charge < -0.3 is 9.88 Å². The third-order valence-corrected chi connectivity index (χ3v) is 4.52. The SMILES string of the molecule is C=CCn1c(C)c(/C=C(/C#N)C(=O)Nc2cccc(C)c2)c2ccccc21. The Labute approximate surface area is 159 Å². The van der Waals surface area contributed by atoms with E-state index in [9.17, 15) is 10.1 Å². The number of nitrogens with one attached hydrogen (secondary N) is 1. The second-order valence-corrected chi connectivity index (χ2v) is 6.41. The minimum Gasteiger partial charge on any atom is -0.340 e. The van der Waals surface area contributed by atoms with Crippen molar-refractivity contribution in [3.8, 4) is 6.07 Å². The number of amides is 1. The van der Waals surface area contributed by atoms with Gasteiger partial charge in [0.1, 0.15) is 11.6 Å². The van der Waals surface area contributed by atoms with Crippen LogP contribution in [0.4, 0.5) is 5.69 Å². The van der Waals surface area contributed by atoms with Crippen molar-refractivity contribution >= 4 is 28.6 Å². The zero-order valence-electron chi connectivity index (χ0n) is 15.5. The Hall–Kier alpha value is -3.58. The average Bonchev–Trinajstić information content (AvgIpc) is 2.92. The molecule has 1 aromatic heterocycles. The molecule has 4 heteroatoms. The smallest absolute Gasteiger partial charge is 0.266 e. The molecule has 0 aliphatic heterocycles. The van der Waals surface area contributed by atoms with Gasteiger partial charge in [-0.05, 0) is 43.7 Å². The summed E-state index contributed by atoms with van der Waals surface area (Å²) in [5, 5.41) is 13.4. The van der Waals surface area contributed by atoms with Crippen molar-refractivity contribution in [1.82, 2.24) is 4.57 Å². The van der Waals surface area contributed by atoms with E-state index in [1.54, 1.807) is 12.1 Å². The van der Waals surface area contributed by atoms with Gasteiger partial charge in [0, 0.05) is 34.4 Å². The van der Waals surface area contributed by atoms with Gasteiger partial charge in [0.2, 0.25) is 0 Å². The molecule has 0 unspecified atom stereocenters. The number of fused-ring (bicyclic) bond motifs is 1. The molecule has 4 nitrogen and oxygen atoms in total. The summed E-state index contributed by atoms with van der Waals surface area (Å²) in [7, 11) is 0. The lowest BCUT2D eigenvalue weighted by atomic mass is 10.1. The van der Waals surface area contributed by atoms with Gasteiger partial charge in [-0.3, -0.25) is 4.79 Å². The molecule has 0 saturated carbocycles. The minimum absolute atomic E-state index is 0.0705. The Balaban J connectivity index is 2.03. The van der Waals surface area contributed by atoms with E-state index in [0.717, 1.165) is 27.7 Å². The second-order valence-electron chi connectivity index (χ2n) is 6.41. The van der Waals surface area contributed by atoms with E-state index in [-0.39, 0.29) is 5.57 Å². The highest BCUT2D eigenvalue weighted by molar-refractivity contribution is 6.11. The van der Waals surface area contributed by atoms with E-state index < -0.39 is 5.91 Å². The molecule has 2 aromatic carbocycles. The normalized spacial score (nSPS) is 11.2. The Morgan fingerprint density at radius 3 is 2.70 bits per heavy atom. The largest absolute Gasteiger partial charge is 0.340 e. The number of allylic oxidation sites excluding steroid dienone is 1. The third-order valence-electron chi connectivity index (χ3n) is 4.52. The van der Waals surface area contributed by atoms with E-state index in [2.05, 4.69) is 16.5 Å². The Morgan fingerprint density at radius 1 is 1.22 bits per heavy atom. The lowest BCUT2D eigenvalue weighted by molar-refractivity contribution is -0.112. The second kappa shape index (κ2) is 7.76. The predicted octanol–water partition coefficient (Wildman–Crippen LogP) is 4.99. The maximum atomic E-state index is 12.6. The van der Waals surface area contributed by atoms with Crippen LogP contribution in [-0.2, 0) is 11.3 Å². The number of hydrogen-bond acceptors (Lipinski definition) is 2. The van der Waals surface area contributed by atoms with Crippen molar-refractivity contribution in [2.75, 3.05) is 5.32 Å². The van der Waals surface area contributed by atoms with E-state index in [1.807, 2.05) is 68.5 Å². The number of carbonyl (C=O) groups excluding carboxylic acids is 1. The molecule has 1 N–H and O–H groups in total. The highest BCUT2D eigenvalue weighted by atomic mass is 16.1. The molecule has 134 valence electrons. The van der Waals surface area contributed by atoms with Crippen LogP contribution in [0.25, 0.3) is 17.0 Å². The lowest BCUT2D eigenvalue weighted by Crippen LogP contribution is -2.13. The first-order chi connectivity index (χ1) is 13.0. The number of carbonyl (C=O) groups is 1. The number of benzene rings is 2. The predicted molar refractivity (Wildman–Crippen MR) is 110 cm³/mol. The molecule has 0 saturated heterocycles. The van der Waals surface area contributed by atoms with Crippen LogP contribution in [0.5, 0.6) is 0 Å². The summed E-state index contributed by atoms with van der Waals surface area (Å²) in [6.07, 6.45) is 3.50. The van der Waals surface area contributed by atoms with Crippen LogP contribution in [0.2, 0.25) is 0 Å². The van der Waals surface area contributed by atoms with Crippen molar-refractivity contribution in [3.05, 3.63) is 83.6 Å². The third kappa shape index (κ3) is 3.68. The molecule has 0 bridgehead atoms. The van der Waals surface area contributed by atoms with Crippen molar-refractivity contribution in [2.24, 2.45) is 0 Å². The van der Waals surface area contributed by atoms with E-state index in [0.29, 0.717) is 12.2 Å².